The van der Waals surface area contributed by atoms with Gasteiger partial charge in [-0.2, -0.15) is 0 Å². The van der Waals surface area contributed by atoms with E-state index in [0.29, 0.717) is 5.69 Å². The smallest absolute Gasteiger partial charge is 0.243 e. The average molecular weight is 338 g/mol. The summed E-state index contributed by atoms with van der Waals surface area (Å²) in [7, 11) is -1.73. The highest BCUT2D eigenvalue weighted by molar-refractivity contribution is 7.92. The lowest BCUT2D eigenvalue weighted by Crippen LogP contribution is -2.44. The third-order valence-electron chi connectivity index (χ3n) is 4.59. The molecule has 1 aromatic rings. The molecule has 0 aliphatic heterocycles. The Labute approximate surface area is 139 Å². The molecular formula is C17H26N2O3S. The number of nitrogens with zero attached hydrogens (tertiary/aromatic N) is 2. The molecule has 1 aromatic carbocycles. The van der Waals surface area contributed by atoms with E-state index < -0.39 is 10.0 Å². The number of para-hydroxylation sites is 1. The Morgan fingerprint density at radius 1 is 1.22 bits per heavy atom. The first kappa shape index (κ1) is 17.8. The Morgan fingerprint density at radius 3 is 2.39 bits per heavy atom. The summed E-state index contributed by atoms with van der Waals surface area (Å²) in [6.07, 6.45) is 6.16. The Balaban J connectivity index is 2.24. The van der Waals surface area contributed by atoms with Crippen molar-refractivity contribution in [3.05, 3.63) is 29.8 Å². The maximum atomic E-state index is 12.6. The lowest BCUT2D eigenvalue weighted by Gasteiger charge is -2.29. The number of likely N-dealkylation sites (N-methyl/N-ethyl adjacent to an activating group) is 1. The predicted molar refractivity (Wildman–Crippen MR) is 93.0 cm³/mol. The van der Waals surface area contributed by atoms with E-state index in [9.17, 15) is 13.2 Å². The van der Waals surface area contributed by atoms with Crippen LogP contribution in [0.25, 0.3) is 0 Å². The lowest BCUT2D eigenvalue weighted by molar-refractivity contribution is -0.130. The number of rotatable bonds is 6. The molecule has 0 spiro atoms. The third-order valence-corrected chi connectivity index (χ3v) is 5.71. The summed E-state index contributed by atoms with van der Waals surface area (Å²) in [6.45, 7) is 1.84. The largest absolute Gasteiger partial charge is 0.341 e. The zero-order chi connectivity index (χ0) is 17.0. The first-order chi connectivity index (χ1) is 10.8. The minimum Gasteiger partial charge on any atom is -0.341 e. The average Bonchev–Trinajstić information content (AvgIpc) is 3.04. The summed E-state index contributed by atoms with van der Waals surface area (Å²) in [5, 5.41) is 0. The minimum atomic E-state index is -3.52. The van der Waals surface area contributed by atoms with Gasteiger partial charge in [0.1, 0.15) is 6.54 Å². The topological polar surface area (TPSA) is 57.7 Å². The maximum absolute atomic E-state index is 12.6. The molecule has 1 amide bonds. The summed E-state index contributed by atoms with van der Waals surface area (Å²) in [6, 6.07) is 7.60. The molecule has 23 heavy (non-hydrogen) atoms. The Bertz CT molecular complexity index is 652. The second-order valence-electron chi connectivity index (χ2n) is 6.19. The van der Waals surface area contributed by atoms with Gasteiger partial charge in [-0.3, -0.25) is 9.10 Å². The number of anilines is 1. The van der Waals surface area contributed by atoms with Crippen LogP contribution in [0.4, 0.5) is 5.69 Å². The van der Waals surface area contributed by atoms with Gasteiger partial charge in [0, 0.05) is 13.1 Å². The fraction of sp³-hybridized carbons (Fsp3) is 0.588. The number of carbonyl (C=O) groups excluding carboxylic acids is 1. The van der Waals surface area contributed by atoms with Crippen molar-refractivity contribution >= 4 is 21.6 Å². The van der Waals surface area contributed by atoms with Gasteiger partial charge in [-0.05, 0) is 30.9 Å². The van der Waals surface area contributed by atoms with Crippen molar-refractivity contribution in [2.24, 2.45) is 0 Å². The molecule has 1 saturated carbocycles. The van der Waals surface area contributed by atoms with Gasteiger partial charge in [-0.25, -0.2) is 8.42 Å². The van der Waals surface area contributed by atoms with Crippen LogP contribution in [-0.4, -0.2) is 45.1 Å². The van der Waals surface area contributed by atoms with E-state index in [1.165, 1.54) is 4.31 Å². The molecule has 2 rings (SSSR count). The van der Waals surface area contributed by atoms with Crippen LogP contribution in [-0.2, 0) is 21.2 Å². The first-order valence-electron chi connectivity index (χ1n) is 8.16. The SMILES string of the molecule is CCc1ccccc1N(CC(=O)N(C)C1CCCC1)S(C)(=O)=O. The van der Waals surface area contributed by atoms with Gasteiger partial charge in [0.05, 0.1) is 11.9 Å². The van der Waals surface area contributed by atoms with E-state index in [0.717, 1.165) is 43.9 Å². The molecule has 0 bridgehead atoms. The molecule has 0 aromatic heterocycles. The highest BCUT2D eigenvalue weighted by Gasteiger charge is 2.28. The van der Waals surface area contributed by atoms with Gasteiger partial charge >= 0.3 is 0 Å². The normalized spacial score (nSPS) is 15.6. The highest BCUT2D eigenvalue weighted by Crippen LogP contribution is 2.25. The van der Waals surface area contributed by atoms with Crippen molar-refractivity contribution in [3.8, 4) is 0 Å². The lowest BCUT2D eigenvalue weighted by atomic mass is 10.1. The van der Waals surface area contributed by atoms with Crippen LogP contribution in [0.3, 0.4) is 0 Å². The molecule has 0 radical (unpaired) electrons. The second-order valence-corrected chi connectivity index (χ2v) is 8.10. The number of benzene rings is 1. The molecule has 0 N–H and O–H groups in total. The van der Waals surface area contributed by atoms with Crippen molar-refractivity contribution < 1.29 is 13.2 Å². The van der Waals surface area contributed by atoms with Crippen LogP contribution in [0.15, 0.2) is 24.3 Å². The maximum Gasteiger partial charge on any atom is 0.243 e. The van der Waals surface area contributed by atoms with Gasteiger partial charge in [0.15, 0.2) is 0 Å². The number of carbonyl (C=O) groups is 1. The zero-order valence-corrected chi connectivity index (χ0v) is 15.0. The van der Waals surface area contributed by atoms with Crippen LogP contribution in [0.2, 0.25) is 0 Å². The fourth-order valence-corrected chi connectivity index (χ4v) is 4.04. The van der Waals surface area contributed by atoms with Crippen LogP contribution in [0, 0.1) is 0 Å². The molecule has 1 fully saturated rings. The van der Waals surface area contributed by atoms with Gasteiger partial charge in [0.25, 0.3) is 0 Å². The summed E-state index contributed by atoms with van der Waals surface area (Å²) < 4.78 is 25.7. The van der Waals surface area contributed by atoms with Gasteiger partial charge in [0.2, 0.25) is 15.9 Å². The summed E-state index contributed by atoms with van der Waals surface area (Å²) in [4.78, 5) is 14.3. The van der Waals surface area contributed by atoms with E-state index >= 15 is 0 Å². The molecule has 0 heterocycles. The Hall–Kier alpha value is -1.56. The minimum absolute atomic E-state index is 0.136. The number of hydrogen-bond donors (Lipinski definition) is 0. The third kappa shape index (κ3) is 4.25. The van der Waals surface area contributed by atoms with E-state index in [1.54, 1.807) is 24.1 Å². The molecule has 5 nitrogen and oxygen atoms in total. The van der Waals surface area contributed by atoms with Gasteiger partial charge in [-0.15, -0.1) is 0 Å². The monoisotopic (exact) mass is 338 g/mol. The van der Waals surface area contributed by atoms with E-state index in [1.807, 2.05) is 19.1 Å². The van der Waals surface area contributed by atoms with Crippen LogP contribution in [0.5, 0.6) is 0 Å². The predicted octanol–water partition coefficient (Wildman–Crippen LogP) is 2.42. The molecule has 0 atom stereocenters. The van der Waals surface area contributed by atoms with Crippen LogP contribution >= 0.6 is 0 Å². The quantitative estimate of drug-likeness (QED) is 0.800. The standard InChI is InChI=1S/C17H26N2O3S/c1-4-14-9-5-8-12-16(14)19(23(3,21)22)13-17(20)18(2)15-10-6-7-11-15/h5,8-9,12,15H,4,6-7,10-11,13H2,1-3H3. The van der Waals surface area contributed by atoms with E-state index in [4.69, 9.17) is 0 Å². The number of hydrogen-bond acceptors (Lipinski definition) is 3. The number of amides is 1. The number of sulfonamides is 1. The molecular weight excluding hydrogens is 312 g/mol. The van der Waals surface area contributed by atoms with Crippen LogP contribution < -0.4 is 4.31 Å². The molecule has 6 heteroatoms. The zero-order valence-electron chi connectivity index (χ0n) is 14.2. The van der Waals surface area contributed by atoms with Crippen molar-refractivity contribution in [2.75, 3.05) is 24.2 Å². The van der Waals surface area contributed by atoms with Crippen molar-refractivity contribution in [3.63, 3.8) is 0 Å². The molecule has 128 valence electrons. The summed E-state index contributed by atoms with van der Waals surface area (Å²) in [5.41, 5.74) is 1.53. The Kier molecular flexibility index (Phi) is 5.68. The Morgan fingerprint density at radius 2 is 1.83 bits per heavy atom. The first-order valence-corrected chi connectivity index (χ1v) is 10.0. The fourth-order valence-electron chi connectivity index (χ4n) is 3.16. The van der Waals surface area contributed by atoms with Crippen molar-refractivity contribution in [1.82, 2.24) is 4.90 Å². The van der Waals surface area contributed by atoms with E-state index in [2.05, 4.69) is 0 Å². The van der Waals surface area contributed by atoms with Gasteiger partial charge < -0.3 is 4.90 Å². The van der Waals surface area contributed by atoms with Crippen molar-refractivity contribution in [1.29, 1.82) is 0 Å². The van der Waals surface area contributed by atoms with Crippen molar-refractivity contribution in [2.45, 2.75) is 45.1 Å². The summed E-state index contributed by atoms with van der Waals surface area (Å²) in [5.74, 6) is -0.145. The van der Waals surface area contributed by atoms with E-state index in [-0.39, 0.29) is 18.5 Å². The highest BCUT2D eigenvalue weighted by atomic mass is 32.2. The van der Waals surface area contributed by atoms with Gasteiger partial charge in [-0.1, -0.05) is 38.0 Å². The van der Waals surface area contributed by atoms with Crippen LogP contribution in [0.1, 0.15) is 38.2 Å². The molecule has 1 aliphatic carbocycles. The number of aryl methyl sites for hydroxylation is 1. The molecule has 0 unspecified atom stereocenters. The molecule has 0 saturated heterocycles. The summed E-state index contributed by atoms with van der Waals surface area (Å²) >= 11 is 0. The second kappa shape index (κ2) is 7.34. The molecule has 1 aliphatic rings.